The first-order chi connectivity index (χ1) is 9.51. The Balaban J connectivity index is 2.30. The maximum atomic E-state index is 13.7. The maximum Gasteiger partial charge on any atom is 0.258 e. The molecule has 2 rings (SSSR count). The zero-order chi connectivity index (χ0) is 14.7. The first-order valence-electron chi connectivity index (χ1n) is 5.78. The largest absolute Gasteiger partial charge is 0.320 e. The number of carbonyl (C=O) groups excluding carboxylic acids is 1. The Morgan fingerprint density at radius 2 is 2.05 bits per heavy atom. The minimum absolute atomic E-state index is 0.0750. The molecule has 0 aliphatic rings. The average molecular weight is 289 g/mol. The van der Waals surface area contributed by atoms with E-state index in [4.69, 9.17) is 16.9 Å². The summed E-state index contributed by atoms with van der Waals surface area (Å²) in [7, 11) is 0. The van der Waals surface area contributed by atoms with Gasteiger partial charge >= 0.3 is 0 Å². The first kappa shape index (κ1) is 14.0. The van der Waals surface area contributed by atoms with Crippen molar-refractivity contribution in [2.75, 3.05) is 5.32 Å². The molecular formula is C15H10ClFN2O. The number of halogens is 2. The van der Waals surface area contributed by atoms with Crippen LogP contribution < -0.4 is 5.32 Å². The lowest BCUT2D eigenvalue weighted by atomic mass is 10.1. The van der Waals surface area contributed by atoms with Crippen molar-refractivity contribution in [3.63, 3.8) is 0 Å². The van der Waals surface area contributed by atoms with Gasteiger partial charge in [0.2, 0.25) is 0 Å². The zero-order valence-electron chi connectivity index (χ0n) is 10.6. The van der Waals surface area contributed by atoms with Crippen molar-refractivity contribution in [1.29, 1.82) is 5.26 Å². The van der Waals surface area contributed by atoms with Crippen LogP contribution in [0, 0.1) is 24.1 Å². The molecule has 1 N–H and O–H groups in total. The number of hydrogen-bond donors (Lipinski definition) is 1. The topological polar surface area (TPSA) is 52.9 Å². The van der Waals surface area contributed by atoms with E-state index in [1.54, 1.807) is 13.0 Å². The van der Waals surface area contributed by atoms with Gasteiger partial charge in [-0.1, -0.05) is 17.7 Å². The van der Waals surface area contributed by atoms with Crippen molar-refractivity contribution in [2.45, 2.75) is 6.92 Å². The van der Waals surface area contributed by atoms with Gasteiger partial charge in [-0.15, -0.1) is 0 Å². The van der Waals surface area contributed by atoms with Gasteiger partial charge in [0.05, 0.1) is 27.9 Å². The Morgan fingerprint density at radius 3 is 2.70 bits per heavy atom. The van der Waals surface area contributed by atoms with Crippen molar-refractivity contribution in [3.8, 4) is 6.07 Å². The second-order valence-corrected chi connectivity index (χ2v) is 4.65. The summed E-state index contributed by atoms with van der Waals surface area (Å²) in [5, 5.41) is 11.6. The van der Waals surface area contributed by atoms with Gasteiger partial charge in [-0.05, 0) is 42.8 Å². The van der Waals surface area contributed by atoms with Crippen molar-refractivity contribution in [2.24, 2.45) is 0 Å². The van der Waals surface area contributed by atoms with Crippen LogP contribution in [-0.2, 0) is 0 Å². The number of nitriles is 1. The van der Waals surface area contributed by atoms with Crippen LogP contribution >= 0.6 is 11.6 Å². The van der Waals surface area contributed by atoms with Crippen LogP contribution in [0.1, 0.15) is 21.5 Å². The lowest BCUT2D eigenvalue weighted by Gasteiger charge is -2.08. The summed E-state index contributed by atoms with van der Waals surface area (Å²) in [6.07, 6.45) is 0. The lowest BCUT2D eigenvalue weighted by molar-refractivity contribution is 0.102. The van der Waals surface area contributed by atoms with Gasteiger partial charge in [-0.25, -0.2) is 4.39 Å². The van der Waals surface area contributed by atoms with E-state index in [2.05, 4.69) is 5.32 Å². The molecule has 0 aliphatic carbocycles. The molecule has 0 bridgehead atoms. The highest BCUT2D eigenvalue weighted by atomic mass is 35.5. The smallest absolute Gasteiger partial charge is 0.258 e. The van der Waals surface area contributed by atoms with Gasteiger partial charge in [-0.2, -0.15) is 5.26 Å². The van der Waals surface area contributed by atoms with Crippen molar-refractivity contribution in [1.82, 2.24) is 0 Å². The van der Waals surface area contributed by atoms with Gasteiger partial charge in [0.1, 0.15) is 5.82 Å². The van der Waals surface area contributed by atoms with Gasteiger partial charge in [-0.3, -0.25) is 4.79 Å². The number of benzene rings is 2. The summed E-state index contributed by atoms with van der Waals surface area (Å²) in [6, 6.07) is 10.7. The van der Waals surface area contributed by atoms with Gasteiger partial charge < -0.3 is 5.32 Å². The maximum absolute atomic E-state index is 13.7. The number of amides is 1. The fourth-order valence-corrected chi connectivity index (χ4v) is 1.85. The third-order valence-electron chi connectivity index (χ3n) is 2.71. The average Bonchev–Trinajstić information content (AvgIpc) is 2.41. The van der Waals surface area contributed by atoms with Gasteiger partial charge in [0.25, 0.3) is 5.91 Å². The molecule has 5 heteroatoms. The van der Waals surface area contributed by atoms with Gasteiger partial charge in [0, 0.05) is 0 Å². The predicted molar refractivity (Wildman–Crippen MR) is 75.3 cm³/mol. The SMILES string of the molecule is Cc1ccc(C(=O)Nc2cc(C#N)ccc2Cl)c(F)c1. The molecule has 1 amide bonds. The second-order valence-electron chi connectivity index (χ2n) is 4.24. The third kappa shape index (κ3) is 2.95. The van der Waals surface area contributed by atoms with Crippen LogP contribution in [-0.4, -0.2) is 5.91 Å². The molecule has 0 saturated heterocycles. The first-order valence-corrected chi connectivity index (χ1v) is 6.16. The Kier molecular flexibility index (Phi) is 4.02. The van der Waals surface area contributed by atoms with E-state index in [1.165, 1.54) is 30.3 Å². The summed E-state index contributed by atoms with van der Waals surface area (Å²) in [5.74, 6) is -1.21. The van der Waals surface area contributed by atoms with Crippen molar-refractivity contribution < 1.29 is 9.18 Å². The Hall–Kier alpha value is -2.38. The van der Waals surface area contributed by atoms with Crippen molar-refractivity contribution in [3.05, 3.63) is 63.9 Å². The highest BCUT2D eigenvalue weighted by Crippen LogP contribution is 2.23. The number of aryl methyl sites for hydroxylation is 1. The molecule has 2 aromatic rings. The van der Waals surface area contributed by atoms with Crippen LogP contribution in [0.2, 0.25) is 5.02 Å². The van der Waals surface area contributed by atoms with Gasteiger partial charge in [0.15, 0.2) is 0 Å². The molecule has 0 aliphatic heterocycles. The Labute approximate surface area is 120 Å². The standard InChI is InChI=1S/C15H10ClFN2O/c1-9-2-4-11(13(17)6-9)15(20)19-14-7-10(8-18)3-5-12(14)16/h2-7H,1H3,(H,19,20). The molecule has 0 radical (unpaired) electrons. The summed E-state index contributed by atoms with van der Waals surface area (Å²) in [6.45, 7) is 1.73. The number of anilines is 1. The quantitative estimate of drug-likeness (QED) is 0.911. The monoisotopic (exact) mass is 288 g/mol. The summed E-state index contributed by atoms with van der Waals surface area (Å²) >= 11 is 5.93. The minimum atomic E-state index is -0.612. The highest BCUT2D eigenvalue weighted by Gasteiger charge is 2.13. The molecule has 0 saturated carbocycles. The van der Waals surface area contributed by atoms with Crippen LogP contribution in [0.4, 0.5) is 10.1 Å². The highest BCUT2D eigenvalue weighted by molar-refractivity contribution is 6.34. The molecule has 0 spiro atoms. The molecule has 0 heterocycles. The summed E-state index contributed by atoms with van der Waals surface area (Å²) in [4.78, 5) is 12.0. The number of hydrogen-bond acceptors (Lipinski definition) is 2. The number of nitrogens with zero attached hydrogens (tertiary/aromatic N) is 1. The molecule has 0 aromatic heterocycles. The fraction of sp³-hybridized carbons (Fsp3) is 0.0667. The number of carbonyl (C=O) groups is 1. The van der Waals surface area contributed by atoms with E-state index in [1.807, 2.05) is 6.07 Å². The Morgan fingerprint density at radius 1 is 1.30 bits per heavy atom. The molecule has 0 unspecified atom stereocenters. The molecule has 0 atom stereocenters. The normalized spacial score (nSPS) is 9.90. The van der Waals surface area contributed by atoms with E-state index in [-0.39, 0.29) is 16.3 Å². The summed E-state index contributed by atoms with van der Waals surface area (Å²) < 4.78 is 13.7. The molecule has 3 nitrogen and oxygen atoms in total. The van der Waals surface area contributed by atoms with E-state index < -0.39 is 11.7 Å². The molecule has 100 valence electrons. The van der Waals surface area contributed by atoms with Crippen LogP contribution in [0.5, 0.6) is 0 Å². The van der Waals surface area contributed by atoms with Crippen LogP contribution in [0.15, 0.2) is 36.4 Å². The number of nitrogens with one attached hydrogen (secondary N) is 1. The minimum Gasteiger partial charge on any atom is -0.320 e. The van der Waals surface area contributed by atoms with E-state index >= 15 is 0 Å². The number of rotatable bonds is 2. The predicted octanol–water partition coefficient (Wildman–Crippen LogP) is 3.91. The Bertz CT molecular complexity index is 722. The molecule has 20 heavy (non-hydrogen) atoms. The lowest BCUT2D eigenvalue weighted by Crippen LogP contribution is -2.14. The fourth-order valence-electron chi connectivity index (χ4n) is 1.68. The van der Waals surface area contributed by atoms with E-state index in [0.717, 1.165) is 5.56 Å². The van der Waals surface area contributed by atoms with Crippen molar-refractivity contribution >= 4 is 23.2 Å². The second kappa shape index (κ2) is 5.72. The van der Waals surface area contributed by atoms with Crippen LogP contribution in [0.3, 0.4) is 0 Å². The molecule has 2 aromatic carbocycles. The van der Waals surface area contributed by atoms with E-state index in [0.29, 0.717) is 5.56 Å². The van der Waals surface area contributed by atoms with Crippen LogP contribution in [0.25, 0.3) is 0 Å². The zero-order valence-corrected chi connectivity index (χ0v) is 11.3. The molecule has 0 fully saturated rings. The third-order valence-corrected chi connectivity index (χ3v) is 3.04. The van der Waals surface area contributed by atoms with E-state index in [9.17, 15) is 9.18 Å². The molecular weight excluding hydrogens is 279 g/mol. The summed E-state index contributed by atoms with van der Waals surface area (Å²) in [5.41, 5.74) is 1.28.